The van der Waals surface area contributed by atoms with Gasteiger partial charge in [-0.3, -0.25) is 4.72 Å². The second-order valence-electron chi connectivity index (χ2n) is 6.12. The van der Waals surface area contributed by atoms with E-state index in [2.05, 4.69) is 14.9 Å². The molecule has 0 amide bonds. The minimum Gasteiger partial charge on any atom is -0.462 e. The van der Waals surface area contributed by atoms with Crippen LogP contribution in [0.2, 0.25) is 0 Å². The number of carbonyl (C=O) groups excluding carboxylic acids is 1. The summed E-state index contributed by atoms with van der Waals surface area (Å²) in [5, 5.41) is 4.19. The highest BCUT2D eigenvalue weighted by Crippen LogP contribution is 2.33. The molecule has 3 heterocycles. The van der Waals surface area contributed by atoms with Gasteiger partial charge in [0.15, 0.2) is 5.82 Å². The van der Waals surface area contributed by atoms with Crippen LogP contribution in [0.1, 0.15) is 33.7 Å². The summed E-state index contributed by atoms with van der Waals surface area (Å²) in [7, 11) is -2.14. The molecule has 0 spiro atoms. The van der Waals surface area contributed by atoms with Crippen LogP contribution >= 0.6 is 11.3 Å². The van der Waals surface area contributed by atoms with E-state index in [1.165, 1.54) is 23.5 Å². The Hall–Kier alpha value is -2.66. The molecule has 9 nitrogen and oxygen atoms in total. The van der Waals surface area contributed by atoms with E-state index in [0.717, 1.165) is 0 Å². The van der Waals surface area contributed by atoms with Crippen LogP contribution in [-0.4, -0.2) is 35.7 Å². The van der Waals surface area contributed by atoms with Gasteiger partial charge < -0.3 is 13.8 Å². The van der Waals surface area contributed by atoms with Crippen LogP contribution < -0.4 is 4.72 Å². The van der Waals surface area contributed by atoms with Crippen LogP contribution in [0.4, 0.5) is 5.82 Å². The third-order valence-corrected chi connectivity index (χ3v) is 6.75. The third kappa shape index (κ3) is 3.67. The Morgan fingerprint density at radius 3 is 2.64 bits per heavy atom. The number of carbonyl (C=O) groups is 1. The Kier molecular flexibility index (Phi) is 5.31. The van der Waals surface area contributed by atoms with E-state index in [-0.39, 0.29) is 17.3 Å². The second kappa shape index (κ2) is 7.40. The molecule has 3 rings (SSSR count). The Bertz CT molecular complexity index is 1140. The number of ether oxygens (including phenoxy) is 1. The van der Waals surface area contributed by atoms with Crippen molar-refractivity contribution in [3.8, 4) is 10.7 Å². The van der Waals surface area contributed by atoms with Crippen LogP contribution in [0.25, 0.3) is 10.7 Å². The lowest BCUT2D eigenvalue weighted by atomic mass is 10.4. The van der Waals surface area contributed by atoms with Crippen LogP contribution in [-0.2, 0) is 21.8 Å². The summed E-state index contributed by atoms with van der Waals surface area (Å²) in [5.74, 6) is 0.163. The van der Waals surface area contributed by atoms with Gasteiger partial charge in [0.05, 0.1) is 18.0 Å². The standard InChI is InChI=1S/C17H20N4O5S2/c1-6-25-17(22)15-10(3)18-16(27-15)12-8-13(11(4)21(12)5)28(23,24)20-14-7-9(2)26-19-14/h7-8H,6H2,1-5H3,(H,19,20). The number of esters is 1. The number of nitrogens with one attached hydrogen (secondary N) is 1. The van der Waals surface area contributed by atoms with Crippen molar-refractivity contribution in [3.05, 3.63) is 34.2 Å². The molecule has 3 aromatic heterocycles. The molecular weight excluding hydrogens is 404 g/mol. The van der Waals surface area contributed by atoms with Crippen molar-refractivity contribution in [2.75, 3.05) is 11.3 Å². The largest absolute Gasteiger partial charge is 0.462 e. The molecule has 1 N–H and O–H groups in total. The summed E-state index contributed by atoms with van der Waals surface area (Å²) in [6.45, 7) is 7.08. The van der Waals surface area contributed by atoms with Crippen molar-refractivity contribution < 1.29 is 22.5 Å². The number of thiazole rings is 1. The number of nitrogens with zero attached hydrogens (tertiary/aromatic N) is 3. The normalized spacial score (nSPS) is 11.6. The van der Waals surface area contributed by atoms with Crippen molar-refractivity contribution in [1.29, 1.82) is 0 Å². The summed E-state index contributed by atoms with van der Waals surface area (Å²) in [5.41, 5.74) is 1.64. The average molecular weight is 425 g/mol. The van der Waals surface area contributed by atoms with Gasteiger partial charge in [-0.1, -0.05) is 5.16 Å². The first-order valence-corrected chi connectivity index (χ1v) is 10.7. The number of anilines is 1. The fourth-order valence-electron chi connectivity index (χ4n) is 2.65. The van der Waals surface area contributed by atoms with Gasteiger partial charge in [0, 0.05) is 18.8 Å². The molecule has 150 valence electrons. The lowest BCUT2D eigenvalue weighted by Crippen LogP contribution is -2.14. The SMILES string of the molecule is CCOC(=O)c1sc(-c2cc(S(=O)(=O)Nc3cc(C)on3)c(C)n2C)nc1C. The number of aryl methyl sites for hydroxylation is 2. The van der Waals surface area contributed by atoms with Crippen LogP contribution in [0, 0.1) is 20.8 Å². The lowest BCUT2D eigenvalue weighted by Gasteiger charge is -2.05. The number of aromatic nitrogens is 3. The van der Waals surface area contributed by atoms with Gasteiger partial charge in [0.25, 0.3) is 10.0 Å². The highest BCUT2D eigenvalue weighted by Gasteiger charge is 2.26. The molecule has 0 atom stereocenters. The maximum absolute atomic E-state index is 12.8. The van der Waals surface area contributed by atoms with Crippen molar-refractivity contribution in [2.45, 2.75) is 32.6 Å². The van der Waals surface area contributed by atoms with Gasteiger partial charge in [-0.25, -0.2) is 18.2 Å². The molecule has 11 heteroatoms. The zero-order valence-electron chi connectivity index (χ0n) is 16.1. The predicted octanol–water partition coefficient (Wildman–Crippen LogP) is 3.04. The molecule has 0 unspecified atom stereocenters. The van der Waals surface area contributed by atoms with E-state index in [9.17, 15) is 13.2 Å². The van der Waals surface area contributed by atoms with Crippen molar-refractivity contribution in [1.82, 2.24) is 14.7 Å². The van der Waals surface area contributed by atoms with Crippen LogP contribution in [0.15, 0.2) is 21.6 Å². The van der Waals surface area contributed by atoms with E-state index >= 15 is 0 Å². The van der Waals surface area contributed by atoms with Crippen LogP contribution in [0.3, 0.4) is 0 Å². The zero-order chi connectivity index (χ0) is 20.6. The van der Waals surface area contributed by atoms with Crippen LogP contribution in [0.5, 0.6) is 0 Å². The van der Waals surface area contributed by atoms with Crippen molar-refractivity contribution in [3.63, 3.8) is 0 Å². The van der Waals surface area contributed by atoms with Gasteiger partial charge in [0.2, 0.25) is 0 Å². The molecule has 0 fully saturated rings. The van der Waals surface area contributed by atoms with Crippen molar-refractivity contribution >= 4 is 33.1 Å². The number of hydrogen-bond acceptors (Lipinski definition) is 8. The topological polar surface area (TPSA) is 116 Å². The van der Waals surface area contributed by atoms with E-state index in [1.54, 1.807) is 39.3 Å². The molecule has 0 bridgehead atoms. The van der Waals surface area contributed by atoms with Crippen molar-refractivity contribution in [2.24, 2.45) is 7.05 Å². The number of hydrogen-bond donors (Lipinski definition) is 1. The molecule has 0 aliphatic carbocycles. The first kappa shape index (κ1) is 20.1. The Morgan fingerprint density at radius 1 is 1.32 bits per heavy atom. The fourth-order valence-corrected chi connectivity index (χ4v) is 4.93. The first-order chi connectivity index (χ1) is 13.1. The predicted molar refractivity (Wildman–Crippen MR) is 104 cm³/mol. The zero-order valence-corrected chi connectivity index (χ0v) is 17.7. The van der Waals surface area contributed by atoms with Gasteiger partial charge in [0.1, 0.15) is 20.5 Å². The Morgan fingerprint density at radius 2 is 2.04 bits per heavy atom. The van der Waals surface area contributed by atoms with Gasteiger partial charge >= 0.3 is 5.97 Å². The molecule has 3 aromatic rings. The molecule has 28 heavy (non-hydrogen) atoms. The highest BCUT2D eigenvalue weighted by atomic mass is 32.2. The van der Waals surface area contributed by atoms with Gasteiger partial charge in [-0.2, -0.15) is 0 Å². The molecule has 0 aromatic carbocycles. The van der Waals surface area contributed by atoms with E-state index in [1.807, 2.05) is 0 Å². The molecule has 0 radical (unpaired) electrons. The number of rotatable bonds is 6. The van der Waals surface area contributed by atoms with Gasteiger partial charge in [-0.15, -0.1) is 11.3 Å². The maximum atomic E-state index is 12.8. The summed E-state index contributed by atoms with van der Waals surface area (Å²) < 4.78 is 39.7. The smallest absolute Gasteiger partial charge is 0.350 e. The minimum atomic E-state index is -3.88. The monoisotopic (exact) mass is 424 g/mol. The van der Waals surface area contributed by atoms with Gasteiger partial charge in [-0.05, 0) is 33.8 Å². The Labute approximate surface area is 166 Å². The molecule has 0 saturated heterocycles. The van der Waals surface area contributed by atoms with E-state index in [0.29, 0.717) is 32.7 Å². The first-order valence-electron chi connectivity index (χ1n) is 8.41. The molecule has 0 aliphatic rings. The number of sulfonamides is 1. The Balaban J connectivity index is 2.00. The molecular formula is C17H20N4O5S2. The lowest BCUT2D eigenvalue weighted by molar-refractivity contribution is 0.0531. The fraction of sp³-hybridized carbons (Fsp3) is 0.353. The summed E-state index contributed by atoms with van der Waals surface area (Å²) >= 11 is 1.17. The maximum Gasteiger partial charge on any atom is 0.350 e. The highest BCUT2D eigenvalue weighted by molar-refractivity contribution is 7.92. The summed E-state index contributed by atoms with van der Waals surface area (Å²) in [6, 6.07) is 3.02. The summed E-state index contributed by atoms with van der Waals surface area (Å²) in [6.07, 6.45) is 0. The average Bonchev–Trinajstić information content (AvgIpc) is 3.27. The minimum absolute atomic E-state index is 0.0937. The third-order valence-electron chi connectivity index (χ3n) is 4.12. The second-order valence-corrected chi connectivity index (χ2v) is 8.77. The molecule has 0 saturated carbocycles. The van der Waals surface area contributed by atoms with E-state index in [4.69, 9.17) is 9.26 Å². The quantitative estimate of drug-likeness (QED) is 0.605. The summed E-state index contributed by atoms with van der Waals surface area (Å²) in [4.78, 5) is 17.0. The van der Waals surface area contributed by atoms with E-state index < -0.39 is 16.0 Å². The molecule has 0 aliphatic heterocycles.